The lowest BCUT2D eigenvalue weighted by atomic mass is 10.3. The summed E-state index contributed by atoms with van der Waals surface area (Å²) in [5.74, 6) is 0.00591. The molecule has 14 heavy (non-hydrogen) atoms. The van der Waals surface area contributed by atoms with Crippen LogP contribution in [0.25, 0.3) is 0 Å². The Bertz CT molecular complexity index is 431. The van der Waals surface area contributed by atoms with E-state index in [0.717, 1.165) is 0 Å². The zero-order valence-electron chi connectivity index (χ0n) is 7.42. The van der Waals surface area contributed by atoms with E-state index in [-0.39, 0.29) is 10.8 Å². The predicted octanol–water partition coefficient (Wildman–Crippen LogP) is 2.76. The number of sulfonamides is 1. The first-order valence-electron chi connectivity index (χ1n) is 3.90. The molecule has 0 atom stereocenters. The van der Waals surface area contributed by atoms with Crippen LogP contribution in [0, 0.1) is 0 Å². The molecular formula is C8H9Cl2NO2S. The second-order valence-corrected chi connectivity index (χ2v) is 5.48. The van der Waals surface area contributed by atoms with Crippen molar-refractivity contribution in [3.8, 4) is 0 Å². The van der Waals surface area contributed by atoms with E-state index in [0.29, 0.717) is 10.7 Å². The van der Waals surface area contributed by atoms with E-state index < -0.39 is 10.0 Å². The molecule has 0 heterocycles. The fourth-order valence-corrected chi connectivity index (χ4v) is 1.98. The molecule has 1 rings (SSSR count). The van der Waals surface area contributed by atoms with Crippen molar-refractivity contribution in [2.24, 2.45) is 0 Å². The molecule has 0 unspecified atom stereocenters. The van der Waals surface area contributed by atoms with Gasteiger partial charge in [0.1, 0.15) is 0 Å². The van der Waals surface area contributed by atoms with Crippen molar-refractivity contribution in [3.63, 3.8) is 0 Å². The lowest BCUT2D eigenvalue weighted by Crippen LogP contribution is -2.14. The summed E-state index contributed by atoms with van der Waals surface area (Å²) in [7, 11) is -3.29. The van der Waals surface area contributed by atoms with E-state index in [2.05, 4.69) is 4.72 Å². The molecule has 0 spiro atoms. The van der Waals surface area contributed by atoms with Gasteiger partial charge in [-0.2, -0.15) is 0 Å². The standard InChI is InChI=1S/C8H9Cl2NO2S/c1-2-14(12,13)11-8-4-3-6(9)5-7(8)10/h3-5,11H,2H2,1H3. The van der Waals surface area contributed by atoms with Gasteiger partial charge in [0, 0.05) is 5.02 Å². The van der Waals surface area contributed by atoms with Gasteiger partial charge in [-0.05, 0) is 25.1 Å². The minimum atomic E-state index is -3.29. The van der Waals surface area contributed by atoms with Crippen molar-refractivity contribution in [3.05, 3.63) is 28.2 Å². The highest BCUT2D eigenvalue weighted by atomic mass is 35.5. The van der Waals surface area contributed by atoms with E-state index in [1.54, 1.807) is 13.0 Å². The van der Waals surface area contributed by atoms with Crippen molar-refractivity contribution in [2.75, 3.05) is 10.5 Å². The number of rotatable bonds is 3. The highest BCUT2D eigenvalue weighted by Gasteiger charge is 2.09. The summed E-state index contributed by atoms with van der Waals surface area (Å²) in [5, 5.41) is 0.754. The zero-order chi connectivity index (χ0) is 10.8. The number of halogens is 2. The van der Waals surface area contributed by atoms with Gasteiger partial charge in [-0.3, -0.25) is 4.72 Å². The van der Waals surface area contributed by atoms with Crippen LogP contribution in [0.1, 0.15) is 6.92 Å². The first-order chi connectivity index (χ1) is 6.44. The summed E-state index contributed by atoms with van der Waals surface area (Å²) in [6.07, 6.45) is 0. The fraction of sp³-hybridized carbons (Fsp3) is 0.250. The molecule has 78 valence electrons. The molecule has 0 aliphatic carbocycles. The van der Waals surface area contributed by atoms with Crippen molar-refractivity contribution < 1.29 is 8.42 Å². The summed E-state index contributed by atoms with van der Waals surface area (Å²) >= 11 is 11.4. The second-order valence-electron chi connectivity index (χ2n) is 2.63. The van der Waals surface area contributed by atoms with Gasteiger partial charge in [-0.15, -0.1) is 0 Å². The molecule has 0 saturated carbocycles. The maximum Gasteiger partial charge on any atom is 0.232 e. The van der Waals surface area contributed by atoms with E-state index in [9.17, 15) is 8.42 Å². The Labute approximate surface area is 93.1 Å². The monoisotopic (exact) mass is 253 g/mol. The second kappa shape index (κ2) is 4.38. The Balaban J connectivity index is 2.99. The summed E-state index contributed by atoms with van der Waals surface area (Å²) in [5.41, 5.74) is 0.345. The highest BCUT2D eigenvalue weighted by Crippen LogP contribution is 2.26. The minimum Gasteiger partial charge on any atom is -0.282 e. The Morgan fingerprint density at radius 2 is 2.00 bits per heavy atom. The maximum absolute atomic E-state index is 11.2. The molecule has 0 aliphatic rings. The van der Waals surface area contributed by atoms with Crippen LogP contribution in [0.5, 0.6) is 0 Å². The highest BCUT2D eigenvalue weighted by molar-refractivity contribution is 7.92. The van der Waals surface area contributed by atoms with Crippen molar-refractivity contribution in [1.29, 1.82) is 0 Å². The minimum absolute atomic E-state index is 0.00591. The van der Waals surface area contributed by atoms with Crippen LogP contribution in [0.15, 0.2) is 18.2 Å². The van der Waals surface area contributed by atoms with Crippen LogP contribution in [0.3, 0.4) is 0 Å². The van der Waals surface area contributed by atoms with Gasteiger partial charge >= 0.3 is 0 Å². The third-order valence-corrected chi connectivity index (χ3v) is 3.42. The molecule has 0 fully saturated rings. The molecule has 1 N–H and O–H groups in total. The molecule has 0 radical (unpaired) electrons. The van der Waals surface area contributed by atoms with Crippen LogP contribution in [-0.2, 0) is 10.0 Å². The third-order valence-electron chi connectivity index (χ3n) is 1.58. The first-order valence-corrected chi connectivity index (χ1v) is 6.31. The Morgan fingerprint density at radius 3 is 2.50 bits per heavy atom. The molecule has 1 aromatic rings. The molecule has 3 nitrogen and oxygen atoms in total. The Hall–Kier alpha value is -0.450. The summed E-state index contributed by atoms with van der Waals surface area (Å²) in [4.78, 5) is 0. The molecule has 1 aromatic carbocycles. The fourth-order valence-electron chi connectivity index (χ4n) is 0.812. The SMILES string of the molecule is CCS(=O)(=O)Nc1ccc(Cl)cc1Cl. The van der Waals surface area contributed by atoms with Crippen LogP contribution in [0.2, 0.25) is 10.0 Å². The quantitative estimate of drug-likeness (QED) is 0.901. The average molecular weight is 254 g/mol. The first kappa shape index (κ1) is 11.6. The van der Waals surface area contributed by atoms with Gasteiger partial charge in [-0.25, -0.2) is 8.42 Å². The van der Waals surface area contributed by atoms with Crippen molar-refractivity contribution in [2.45, 2.75) is 6.92 Å². The number of hydrogen-bond acceptors (Lipinski definition) is 2. The molecule has 0 aliphatic heterocycles. The van der Waals surface area contributed by atoms with Gasteiger partial charge in [0.05, 0.1) is 16.5 Å². The average Bonchev–Trinajstić information content (AvgIpc) is 2.10. The van der Waals surface area contributed by atoms with Crippen LogP contribution in [-0.4, -0.2) is 14.2 Å². The maximum atomic E-state index is 11.2. The molecule has 0 saturated heterocycles. The molecular weight excluding hydrogens is 245 g/mol. The Kier molecular flexibility index (Phi) is 3.64. The van der Waals surface area contributed by atoms with Crippen molar-refractivity contribution >= 4 is 38.9 Å². The number of hydrogen-bond donors (Lipinski definition) is 1. The van der Waals surface area contributed by atoms with Crippen molar-refractivity contribution in [1.82, 2.24) is 0 Å². The van der Waals surface area contributed by atoms with E-state index in [4.69, 9.17) is 23.2 Å². The number of nitrogens with one attached hydrogen (secondary N) is 1. The van der Waals surface area contributed by atoms with Gasteiger partial charge in [-0.1, -0.05) is 23.2 Å². The van der Waals surface area contributed by atoms with Gasteiger partial charge in [0.25, 0.3) is 0 Å². The lowest BCUT2D eigenvalue weighted by molar-refractivity contribution is 0.602. The van der Waals surface area contributed by atoms with Crippen LogP contribution < -0.4 is 4.72 Å². The summed E-state index contributed by atoms with van der Waals surface area (Å²) < 4.78 is 24.8. The lowest BCUT2D eigenvalue weighted by Gasteiger charge is -2.07. The van der Waals surface area contributed by atoms with Crippen LogP contribution >= 0.6 is 23.2 Å². The molecule has 6 heteroatoms. The van der Waals surface area contributed by atoms with Gasteiger partial charge < -0.3 is 0 Å². The summed E-state index contributed by atoms with van der Waals surface area (Å²) in [6, 6.07) is 4.58. The van der Waals surface area contributed by atoms with E-state index in [1.807, 2.05) is 0 Å². The van der Waals surface area contributed by atoms with Gasteiger partial charge in [0.2, 0.25) is 10.0 Å². The smallest absolute Gasteiger partial charge is 0.232 e. The predicted molar refractivity (Wildman–Crippen MR) is 59.5 cm³/mol. The Morgan fingerprint density at radius 1 is 1.36 bits per heavy atom. The normalized spacial score (nSPS) is 11.4. The number of anilines is 1. The molecule has 0 bridgehead atoms. The van der Waals surface area contributed by atoms with Crippen LogP contribution in [0.4, 0.5) is 5.69 Å². The molecule has 0 aromatic heterocycles. The van der Waals surface area contributed by atoms with Gasteiger partial charge in [0.15, 0.2) is 0 Å². The topological polar surface area (TPSA) is 46.2 Å². The number of benzene rings is 1. The third kappa shape index (κ3) is 3.04. The van der Waals surface area contributed by atoms with E-state index >= 15 is 0 Å². The summed E-state index contributed by atoms with van der Waals surface area (Å²) in [6.45, 7) is 1.55. The van der Waals surface area contributed by atoms with E-state index in [1.165, 1.54) is 12.1 Å². The largest absolute Gasteiger partial charge is 0.282 e. The zero-order valence-corrected chi connectivity index (χ0v) is 9.75. The molecule has 0 amide bonds.